The Morgan fingerprint density at radius 2 is 2.00 bits per heavy atom. The Bertz CT molecular complexity index is 777. The summed E-state index contributed by atoms with van der Waals surface area (Å²) in [6.07, 6.45) is 1.65. The summed E-state index contributed by atoms with van der Waals surface area (Å²) < 4.78 is 0. The predicted molar refractivity (Wildman–Crippen MR) is 90.9 cm³/mol. The molecule has 0 spiro atoms. The average molecular weight is 359 g/mol. The summed E-state index contributed by atoms with van der Waals surface area (Å²) >= 11 is 1.46. The Labute approximate surface area is 148 Å². The van der Waals surface area contributed by atoms with Crippen molar-refractivity contribution in [3.05, 3.63) is 24.3 Å². The van der Waals surface area contributed by atoms with Crippen molar-refractivity contribution in [2.24, 2.45) is 0 Å². The van der Waals surface area contributed by atoms with E-state index in [1.165, 1.54) is 21.6 Å². The van der Waals surface area contributed by atoms with E-state index in [2.05, 4.69) is 5.32 Å². The molecule has 130 valence electrons. The first-order valence-corrected chi connectivity index (χ1v) is 9.20. The summed E-state index contributed by atoms with van der Waals surface area (Å²) in [7, 11) is 0. The van der Waals surface area contributed by atoms with Crippen LogP contribution in [0.4, 0.5) is 5.69 Å². The minimum absolute atomic E-state index is 0.00145. The molecule has 3 aliphatic rings. The number of carbonyl (C=O) groups is 4. The van der Waals surface area contributed by atoms with E-state index in [-0.39, 0.29) is 42.5 Å². The Morgan fingerprint density at radius 3 is 2.68 bits per heavy atom. The van der Waals surface area contributed by atoms with Crippen molar-refractivity contribution in [2.75, 3.05) is 17.2 Å². The molecule has 0 radical (unpaired) electrons. The largest absolute Gasteiger partial charge is 0.326 e. The van der Waals surface area contributed by atoms with Crippen molar-refractivity contribution in [2.45, 2.75) is 36.2 Å². The number of carbonyl (C=O) groups excluding carboxylic acids is 4. The van der Waals surface area contributed by atoms with Crippen LogP contribution in [0.1, 0.15) is 19.3 Å². The molecule has 2 aliphatic heterocycles. The quantitative estimate of drug-likeness (QED) is 0.793. The van der Waals surface area contributed by atoms with Crippen LogP contribution in [0.25, 0.3) is 0 Å². The maximum absolute atomic E-state index is 12.9. The Kier molecular flexibility index (Phi) is 3.99. The first kappa shape index (κ1) is 16.1. The smallest absolute Gasteiger partial charge is 0.249 e. The van der Waals surface area contributed by atoms with E-state index in [1.807, 2.05) is 24.3 Å². The predicted octanol–water partition coefficient (Wildman–Crippen LogP) is 0.531. The summed E-state index contributed by atoms with van der Waals surface area (Å²) in [6.45, 7) is -0.106. The normalized spacial score (nSPS) is 22.6. The molecule has 25 heavy (non-hydrogen) atoms. The summed E-state index contributed by atoms with van der Waals surface area (Å²) in [5.74, 6) is -0.904. The number of anilines is 1. The molecule has 2 fully saturated rings. The van der Waals surface area contributed by atoms with Crippen molar-refractivity contribution in [1.29, 1.82) is 0 Å². The molecule has 0 bridgehead atoms. The van der Waals surface area contributed by atoms with E-state index in [1.54, 1.807) is 0 Å². The third-order valence-electron chi connectivity index (χ3n) is 4.61. The average Bonchev–Trinajstić information content (AvgIpc) is 3.36. The topological polar surface area (TPSA) is 86.8 Å². The second-order valence-corrected chi connectivity index (χ2v) is 7.42. The van der Waals surface area contributed by atoms with E-state index >= 15 is 0 Å². The lowest BCUT2D eigenvalue weighted by atomic mass is 10.2. The molecule has 2 heterocycles. The van der Waals surface area contributed by atoms with Gasteiger partial charge in [0.2, 0.25) is 23.6 Å². The first-order valence-electron chi connectivity index (χ1n) is 8.21. The number of benzene rings is 1. The maximum atomic E-state index is 12.9. The molecule has 4 rings (SSSR count). The van der Waals surface area contributed by atoms with E-state index in [0.29, 0.717) is 0 Å². The molecule has 7 nitrogen and oxygen atoms in total. The van der Waals surface area contributed by atoms with Gasteiger partial charge >= 0.3 is 0 Å². The SMILES string of the molecule is O=C1CC(N(C(=O)CN2C(=O)CSc3ccccc32)C2CC2)C(=O)N1. The van der Waals surface area contributed by atoms with Gasteiger partial charge < -0.3 is 9.80 Å². The third kappa shape index (κ3) is 3.02. The van der Waals surface area contributed by atoms with Crippen LogP contribution in [-0.4, -0.2) is 52.9 Å². The summed E-state index contributed by atoms with van der Waals surface area (Å²) in [5.41, 5.74) is 0.722. The lowest BCUT2D eigenvalue weighted by Crippen LogP contribution is -2.51. The minimum Gasteiger partial charge on any atom is -0.326 e. The van der Waals surface area contributed by atoms with Gasteiger partial charge in [0.25, 0.3) is 0 Å². The Balaban J connectivity index is 1.57. The molecule has 1 N–H and O–H groups in total. The Hall–Kier alpha value is -2.35. The molecule has 4 amide bonds. The second kappa shape index (κ2) is 6.18. The molecule has 1 aliphatic carbocycles. The Morgan fingerprint density at radius 1 is 1.24 bits per heavy atom. The number of amides is 4. The van der Waals surface area contributed by atoms with Gasteiger partial charge in [-0.15, -0.1) is 11.8 Å². The van der Waals surface area contributed by atoms with E-state index < -0.39 is 11.9 Å². The highest BCUT2D eigenvalue weighted by molar-refractivity contribution is 8.00. The molecule has 1 unspecified atom stereocenters. The highest BCUT2D eigenvalue weighted by Gasteiger charge is 2.45. The summed E-state index contributed by atoms with van der Waals surface area (Å²) in [6, 6.07) is 6.70. The van der Waals surface area contributed by atoms with E-state index in [4.69, 9.17) is 0 Å². The molecular formula is C17H17N3O4S. The maximum Gasteiger partial charge on any atom is 0.249 e. The van der Waals surface area contributed by atoms with Gasteiger partial charge in [-0.2, -0.15) is 0 Å². The van der Waals surface area contributed by atoms with Gasteiger partial charge in [-0.3, -0.25) is 24.5 Å². The van der Waals surface area contributed by atoms with Crippen molar-refractivity contribution < 1.29 is 19.2 Å². The van der Waals surface area contributed by atoms with Crippen molar-refractivity contribution in [3.63, 3.8) is 0 Å². The van der Waals surface area contributed by atoms with Crippen molar-refractivity contribution in [1.82, 2.24) is 10.2 Å². The fourth-order valence-electron chi connectivity index (χ4n) is 3.29. The molecule has 1 saturated heterocycles. The second-order valence-electron chi connectivity index (χ2n) is 6.40. The number of fused-ring (bicyclic) bond motifs is 1. The monoisotopic (exact) mass is 359 g/mol. The van der Waals surface area contributed by atoms with E-state index in [9.17, 15) is 19.2 Å². The number of para-hydroxylation sites is 1. The fourth-order valence-corrected chi connectivity index (χ4v) is 4.23. The van der Waals surface area contributed by atoms with Gasteiger partial charge in [0.05, 0.1) is 17.9 Å². The third-order valence-corrected chi connectivity index (χ3v) is 5.66. The van der Waals surface area contributed by atoms with Crippen LogP contribution >= 0.6 is 11.8 Å². The van der Waals surface area contributed by atoms with Gasteiger partial charge in [-0.25, -0.2) is 0 Å². The van der Waals surface area contributed by atoms with Crippen LogP contribution in [0.5, 0.6) is 0 Å². The molecule has 1 aromatic rings. The van der Waals surface area contributed by atoms with Gasteiger partial charge in [0.15, 0.2) is 0 Å². The van der Waals surface area contributed by atoms with Crippen LogP contribution < -0.4 is 10.2 Å². The molecular weight excluding hydrogens is 342 g/mol. The van der Waals surface area contributed by atoms with Crippen LogP contribution in [0.2, 0.25) is 0 Å². The number of hydrogen-bond acceptors (Lipinski definition) is 5. The standard InChI is InChI=1S/C17H17N3O4S/c21-14-7-12(17(24)18-14)20(10-5-6-10)15(22)8-19-11-3-1-2-4-13(11)25-9-16(19)23/h1-4,10,12H,5-9H2,(H,18,21,24). The van der Waals surface area contributed by atoms with Crippen molar-refractivity contribution in [3.8, 4) is 0 Å². The lowest BCUT2D eigenvalue weighted by molar-refractivity contribution is -0.139. The molecule has 8 heteroatoms. The number of imide groups is 1. The summed E-state index contributed by atoms with van der Waals surface area (Å²) in [5, 5.41) is 2.26. The molecule has 0 aromatic heterocycles. The van der Waals surface area contributed by atoms with Crippen LogP contribution in [0, 0.1) is 0 Å². The van der Waals surface area contributed by atoms with Gasteiger partial charge in [0.1, 0.15) is 12.6 Å². The van der Waals surface area contributed by atoms with Crippen LogP contribution in [0.3, 0.4) is 0 Å². The molecule has 1 saturated carbocycles. The molecule has 1 aromatic carbocycles. The zero-order valence-corrected chi connectivity index (χ0v) is 14.3. The zero-order chi connectivity index (χ0) is 17.6. The highest BCUT2D eigenvalue weighted by atomic mass is 32.2. The number of nitrogens with one attached hydrogen (secondary N) is 1. The zero-order valence-electron chi connectivity index (χ0n) is 13.4. The lowest BCUT2D eigenvalue weighted by Gasteiger charge is -2.32. The van der Waals surface area contributed by atoms with E-state index in [0.717, 1.165) is 23.4 Å². The number of nitrogens with zero attached hydrogens (tertiary/aromatic N) is 2. The number of hydrogen-bond donors (Lipinski definition) is 1. The van der Waals surface area contributed by atoms with Crippen molar-refractivity contribution >= 4 is 41.1 Å². The van der Waals surface area contributed by atoms with Gasteiger partial charge in [-0.05, 0) is 25.0 Å². The van der Waals surface area contributed by atoms with Gasteiger partial charge in [-0.1, -0.05) is 12.1 Å². The fraction of sp³-hybridized carbons (Fsp3) is 0.412. The minimum atomic E-state index is -0.753. The number of thioether (sulfide) groups is 1. The van der Waals surface area contributed by atoms with Gasteiger partial charge in [0, 0.05) is 10.9 Å². The molecule has 1 atom stereocenters. The first-order chi connectivity index (χ1) is 12.0. The highest BCUT2D eigenvalue weighted by Crippen LogP contribution is 2.36. The number of rotatable bonds is 4. The summed E-state index contributed by atoms with van der Waals surface area (Å²) in [4.78, 5) is 52.7. The van der Waals surface area contributed by atoms with Crippen LogP contribution in [0.15, 0.2) is 29.2 Å². The van der Waals surface area contributed by atoms with Crippen LogP contribution in [-0.2, 0) is 19.2 Å².